The van der Waals surface area contributed by atoms with Gasteiger partial charge in [-0.25, -0.2) is 0 Å². The fraction of sp³-hybridized carbons (Fsp3) is 0.929. The molecule has 1 aliphatic carbocycles. The molecule has 1 aliphatic rings. The molecule has 3 unspecified atom stereocenters. The first-order valence-electron chi connectivity index (χ1n) is 7.12. The Kier molecular flexibility index (Phi) is 5.46. The second-order valence-corrected chi connectivity index (χ2v) is 6.85. The number of carbonyl (C=O) groups is 1. The number of hydrogen-bond acceptors (Lipinski definition) is 2. The molecule has 1 fully saturated rings. The lowest BCUT2D eigenvalue weighted by atomic mass is 9.84. The molecule has 1 rings (SSSR count). The zero-order valence-corrected chi connectivity index (χ0v) is 12.4. The van der Waals surface area contributed by atoms with Gasteiger partial charge in [0, 0.05) is 18.5 Å². The molecule has 0 heterocycles. The Balaban J connectivity index is 2.46. The Bertz CT molecular complexity index is 336. The van der Waals surface area contributed by atoms with E-state index in [1.807, 2.05) is 20.8 Å². The zero-order valence-electron chi connectivity index (χ0n) is 12.4. The summed E-state index contributed by atoms with van der Waals surface area (Å²) < 4.78 is 38.1. The second-order valence-electron chi connectivity index (χ2n) is 6.85. The summed E-state index contributed by atoms with van der Waals surface area (Å²) in [5, 5.41) is 2.70. The number of alkyl halides is 3. The van der Waals surface area contributed by atoms with Gasteiger partial charge in [-0.2, -0.15) is 13.2 Å². The Hall–Kier alpha value is -0.780. The van der Waals surface area contributed by atoms with E-state index in [4.69, 9.17) is 5.73 Å². The van der Waals surface area contributed by atoms with Gasteiger partial charge in [0.2, 0.25) is 5.91 Å². The van der Waals surface area contributed by atoms with Crippen molar-refractivity contribution in [1.82, 2.24) is 5.32 Å². The second kappa shape index (κ2) is 6.33. The molecule has 0 aromatic heterocycles. The van der Waals surface area contributed by atoms with Crippen LogP contribution >= 0.6 is 0 Å². The summed E-state index contributed by atoms with van der Waals surface area (Å²) in [4.78, 5) is 11.9. The van der Waals surface area contributed by atoms with Crippen LogP contribution in [0.5, 0.6) is 0 Å². The van der Waals surface area contributed by atoms with Crippen molar-refractivity contribution in [1.29, 1.82) is 0 Å². The molecule has 0 aliphatic heterocycles. The van der Waals surface area contributed by atoms with Crippen LogP contribution < -0.4 is 11.1 Å². The van der Waals surface area contributed by atoms with E-state index in [0.29, 0.717) is 12.8 Å². The van der Waals surface area contributed by atoms with Gasteiger partial charge in [-0.05, 0) is 24.7 Å². The average Bonchev–Trinajstić information content (AvgIpc) is 2.26. The number of halogens is 3. The van der Waals surface area contributed by atoms with E-state index in [0.717, 1.165) is 0 Å². The summed E-state index contributed by atoms with van der Waals surface area (Å²) in [6.45, 7) is 5.81. The van der Waals surface area contributed by atoms with Gasteiger partial charge in [-0.3, -0.25) is 4.79 Å². The van der Waals surface area contributed by atoms with E-state index >= 15 is 0 Å². The van der Waals surface area contributed by atoms with Gasteiger partial charge in [0.15, 0.2) is 0 Å². The average molecular weight is 294 g/mol. The first-order chi connectivity index (χ1) is 9.00. The molecule has 6 heteroatoms. The van der Waals surface area contributed by atoms with Gasteiger partial charge in [0.1, 0.15) is 0 Å². The molecule has 1 saturated carbocycles. The summed E-state index contributed by atoms with van der Waals surface area (Å²) >= 11 is 0. The molecular formula is C14H25F3N2O. The van der Waals surface area contributed by atoms with E-state index in [1.54, 1.807) is 0 Å². The first kappa shape index (κ1) is 17.3. The molecule has 0 spiro atoms. The molecule has 1 amide bonds. The van der Waals surface area contributed by atoms with Gasteiger partial charge in [0.25, 0.3) is 0 Å². The van der Waals surface area contributed by atoms with E-state index < -0.39 is 12.1 Å². The van der Waals surface area contributed by atoms with Crippen molar-refractivity contribution in [2.24, 2.45) is 17.1 Å². The topological polar surface area (TPSA) is 55.1 Å². The van der Waals surface area contributed by atoms with Crippen LogP contribution in [0.2, 0.25) is 0 Å². The SMILES string of the molecule is CC(C)(C)C(N)CC(=O)NC1CCCC(C(F)(F)F)C1. The highest BCUT2D eigenvalue weighted by atomic mass is 19.4. The van der Waals surface area contributed by atoms with E-state index in [-0.39, 0.29) is 42.7 Å². The van der Waals surface area contributed by atoms with Gasteiger partial charge < -0.3 is 11.1 Å². The smallest absolute Gasteiger partial charge is 0.353 e. The predicted molar refractivity (Wildman–Crippen MR) is 72.0 cm³/mol. The monoisotopic (exact) mass is 294 g/mol. The van der Waals surface area contributed by atoms with Crippen LogP contribution in [0.3, 0.4) is 0 Å². The highest BCUT2D eigenvalue weighted by molar-refractivity contribution is 5.77. The standard InChI is InChI=1S/C14H25F3N2O/c1-13(2,3)11(18)8-12(20)19-10-6-4-5-9(7-10)14(15,16)17/h9-11H,4-8,18H2,1-3H3,(H,19,20). The van der Waals surface area contributed by atoms with Crippen molar-refractivity contribution < 1.29 is 18.0 Å². The number of amides is 1. The maximum absolute atomic E-state index is 12.7. The van der Waals surface area contributed by atoms with Gasteiger partial charge in [0.05, 0.1) is 5.92 Å². The molecule has 0 radical (unpaired) electrons. The van der Waals surface area contributed by atoms with Crippen LogP contribution in [0.4, 0.5) is 13.2 Å². The fourth-order valence-electron chi connectivity index (χ4n) is 2.41. The minimum atomic E-state index is -4.16. The molecule has 0 saturated heterocycles. The van der Waals surface area contributed by atoms with Crippen LogP contribution in [-0.4, -0.2) is 24.2 Å². The Morgan fingerprint density at radius 3 is 2.40 bits per heavy atom. The third-order valence-corrected chi connectivity index (χ3v) is 4.02. The Morgan fingerprint density at radius 2 is 1.90 bits per heavy atom. The summed E-state index contributed by atoms with van der Waals surface area (Å²) in [7, 11) is 0. The van der Waals surface area contributed by atoms with Gasteiger partial charge in [-0.1, -0.05) is 27.2 Å². The summed E-state index contributed by atoms with van der Waals surface area (Å²) in [6.07, 6.45) is -2.75. The zero-order chi connectivity index (χ0) is 15.6. The maximum atomic E-state index is 12.7. The van der Waals surface area contributed by atoms with E-state index in [1.165, 1.54) is 0 Å². The quantitative estimate of drug-likeness (QED) is 0.840. The molecule has 0 bridgehead atoms. The molecule has 118 valence electrons. The molecule has 0 aromatic rings. The van der Waals surface area contributed by atoms with Gasteiger partial charge in [-0.15, -0.1) is 0 Å². The number of nitrogens with one attached hydrogen (secondary N) is 1. The molecule has 0 aromatic carbocycles. The van der Waals surface area contributed by atoms with Crippen molar-refractivity contribution in [3.63, 3.8) is 0 Å². The number of carbonyl (C=O) groups excluding carboxylic acids is 1. The van der Waals surface area contributed by atoms with Gasteiger partial charge >= 0.3 is 6.18 Å². The molecule has 3 atom stereocenters. The van der Waals surface area contributed by atoms with E-state index in [9.17, 15) is 18.0 Å². The minimum absolute atomic E-state index is 0.0139. The molecule has 3 N–H and O–H groups in total. The fourth-order valence-corrected chi connectivity index (χ4v) is 2.41. The van der Waals surface area contributed by atoms with E-state index in [2.05, 4.69) is 5.32 Å². The summed E-state index contributed by atoms with van der Waals surface area (Å²) in [5.41, 5.74) is 5.72. The van der Waals surface area contributed by atoms with Crippen molar-refractivity contribution in [2.75, 3.05) is 0 Å². The number of hydrogen-bond donors (Lipinski definition) is 2. The van der Waals surface area contributed by atoms with Crippen LogP contribution in [-0.2, 0) is 4.79 Å². The Morgan fingerprint density at radius 1 is 1.30 bits per heavy atom. The first-order valence-corrected chi connectivity index (χ1v) is 7.12. The summed E-state index contributed by atoms with van der Waals surface area (Å²) in [5.74, 6) is -1.54. The van der Waals surface area contributed by atoms with Crippen LogP contribution in [0.25, 0.3) is 0 Å². The maximum Gasteiger partial charge on any atom is 0.391 e. The largest absolute Gasteiger partial charge is 0.391 e. The lowest BCUT2D eigenvalue weighted by Gasteiger charge is -2.32. The minimum Gasteiger partial charge on any atom is -0.353 e. The summed E-state index contributed by atoms with van der Waals surface area (Å²) in [6, 6.07) is -0.681. The Labute approximate surface area is 118 Å². The third kappa shape index (κ3) is 5.31. The van der Waals surface area contributed by atoms with Crippen LogP contribution in [0.1, 0.15) is 52.9 Å². The molecular weight excluding hydrogens is 269 g/mol. The number of nitrogens with two attached hydrogens (primary N) is 1. The lowest BCUT2D eigenvalue weighted by molar-refractivity contribution is -0.184. The lowest BCUT2D eigenvalue weighted by Crippen LogP contribution is -2.45. The highest BCUT2D eigenvalue weighted by Gasteiger charge is 2.42. The molecule has 20 heavy (non-hydrogen) atoms. The predicted octanol–water partition coefficient (Wildman–Crippen LogP) is 2.99. The highest BCUT2D eigenvalue weighted by Crippen LogP contribution is 2.37. The van der Waals surface area contributed by atoms with Crippen LogP contribution in [0, 0.1) is 11.3 Å². The normalized spacial score (nSPS) is 26.1. The van der Waals surface area contributed by atoms with Crippen molar-refractivity contribution in [3.05, 3.63) is 0 Å². The number of rotatable bonds is 3. The van der Waals surface area contributed by atoms with Crippen molar-refractivity contribution in [2.45, 2.75) is 71.1 Å². The van der Waals surface area contributed by atoms with Crippen molar-refractivity contribution in [3.8, 4) is 0 Å². The third-order valence-electron chi connectivity index (χ3n) is 4.02. The van der Waals surface area contributed by atoms with Crippen LogP contribution in [0.15, 0.2) is 0 Å². The van der Waals surface area contributed by atoms with Crippen molar-refractivity contribution >= 4 is 5.91 Å². The molecule has 3 nitrogen and oxygen atoms in total.